The smallest absolute Gasteiger partial charge is 0.251 e. The first-order valence-electron chi connectivity index (χ1n) is 8.42. The second-order valence-electron chi connectivity index (χ2n) is 6.59. The summed E-state index contributed by atoms with van der Waals surface area (Å²) in [7, 11) is 0. The van der Waals surface area contributed by atoms with Gasteiger partial charge < -0.3 is 15.6 Å². The second-order valence-corrected chi connectivity index (χ2v) is 6.59. The van der Waals surface area contributed by atoms with Crippen LogP contribution in [0.1, 0.15) is 47.8 Å². The summed E-state index contributed by atoms with van der Waals surface area (Å²) in [6, 6.07) is 7.01. The van der Waals surface area contributed by atoms with Crippen LogP contribution in [-0.2, 0) is 12.8 Å². The lowest BCUT2D eigenvalue weighted by atomic mass is 9.91. The monoisotopic (exact) mass is 297 g/mol. The van der Waals surface area contributed by atoms with E-state index in [9.17, 15) is 4.79 Å². The first-order chi connectivity index (χ1) is 10.7. The lowest BCUT2D eigenvalue weighted by Gasteiger charge is -2.23. The zero-order valence-electron chi connectivity index (χ0n) is 13.0. The molecule has 0 radical (unpaired) electrons. The highest BCUT2D eigenvalue weighted by molar-refractivity contribution is 5.99. The van der Waals surface area contributed by atoms with Crippen LogP contribution >= 0.6 is 0 Å². The van der Waals surface area contributed by atoms with Gasteiger partial charge in [0.15, 0.2) is 0 Å². The maximum atomic E-state index is 12.3. The number of benzene rings is 1. The van der Waals surface area contributed by atoms with Gasteiger partial charge in [0, 0.05) is 34.2 Å². The number of nitrogens with one attached hydrogen (secondary N) is 3. The lowest BCUT2D eigenvalue weighted by Crippen LogP contribution is -2.34. The molecular formula is C18H23N3O. The average molecular weight is 297 g/mol. The number of likely N-dealkylation sites (N-methyl/N-ethyl adjacent to an activating group) is 1. The van der Waals surface area contributed by atoms with Gasteiger partial charge in [-0.15, -0.1) is 0 Å². The van der Waals surface area contributed by atoms with E-state index in [1.165, 1.54) is 23.1 Å². The van der Waals surface area contributed by atoms with E-state index >= 15 is 0 Å². The molecule has 22 heavy (non-hydrogen) atoms. The number of amides is 1. The van der Waals surface area contributed by atoms with Gasteiger partial charge in [-0.3, -0.25) is 4.79 Å². The molecule has 1 fully saturated rings. The van der Waals surface area contributed by atoms with Crippen molar-refractivity contribution in [2.45, 2.75) is 51.1 Å². The Balaban J connectivity index is 1.66. The molecule has 1 saturated carbocycles. The van der Waals surface area contributed by atoms with E-state index in [2.05, 4.69) is 34.7 Å². The van der Waals surface area contributed by atoms with Gasteiger partial charge in [-0.1, -0.05) is 6.92 Å². The van der Waals surface area contributed by atoms with E-state index in [1.807, 2.05) is 6.07 Å². The molecule has 2 aromatic rings. The summed E-state index contributed by atoms with van der Waals surface area (Å²) in [6.07, 6.45) is 5.57. The molecule has 4 nitrogen and oxygen atoms in total. The standard InChI is InChI=1S/C18H23N3O/c1-2-19-13-6-8-17-15(10-13)14-9-11(3-7-16(14)21-17)18(22)20-12-4-5-12/h3,7,9,12-13,19,21H,2,4-6,8,10H2,1H3,(H,20,22). The number of aromatic amines is 1. The quantitative estimate of drug-likeness (QED) is 0.812. The molecule has 4 rings (SSSR count). The predicted molar refractivity (Wildman–Crippen MR) is 88.3 cm³/mol. The topological polar surface area (TPSA) is 56.9 Å². The van der Waals surface area contributed by atoms with Crippen LogP contribution in [0.5, 0.6) is 0 Å². The van der Waals surface area contributed by atoms with Crippen molar-refractivity contribution in [3.63, 3.8) is 0 Å². The van der Waals surface area contributed by atoms with Crippen molar-refractivity contribution in [2.24, 2.45) is 0 Å². The van der Waals surface area contributed by atoms with Crippen LogP contribution in [-0.4, -0.2) is 29.5 Å². The van der Waals surface area contributed by atoms with Crippen molar-refractivity contribution < 1.29 is 4.79 Å². The van der Waals surface area contributed by atoms with Crippen molar-refractivity contribution in [3.05, 3.63) is 35.0 Å². The van der Waals surface area contributed by atoms with Crippen LogP contribution < -0.4 is 10.6 Å². The lowest BCUT2D eigenvalue weighted by molar-refractivity contribution is 0.0951. The van der Waals surface area contributed by atoms with Crippen LogP contribution in [0, 0.1) is 0 Å². The Bertz CT molecular complexity index is 714. The van der Waals surface area contributed by atoms with Crippen molar-refractivity contribution >= 4 is 16.8 Å². The molecule has 1 aromatic carbocycles. The normalized spacial score (nSPS) is 20.9. The number of aromatic nitrogens is 1. The number of rotatable bonds is 4. The summed E-state index contributed by atoms with van der Waals surface area (Å²) in [5, 5.41) is 7.86. The highest BCUT2D eigenvalue weighted by Gasteiger charge is 2.25. The van der Waals surface area contributed by atoms with E-state index in [0.717, 1.165) is 43.3 Å². The first-order valence-corrected chi connectivity index (χ1v) is 8.42. The minimum Gasteiger partial charge on any atom is -0.358 e. The average Bonchev–Trinajstić information content (AvgIpc) is 3.26. The third-order valence-electron chi connectivity index (χ3n) is 4.86. The molecule has 4 heteroatoms. The van der Waals surface area contributed by atoms with Gasteiger partial charge in [-0.05, 0) is 62.4 Å². The Morgan fingerprint density at radius 2 is 2.14 bits per heavy atom. The van der Waals surface area contributed by atoms with Crippen LogP contribution in [0.25, 0.3) is 10.9 Å². The van der Waals surface area contributed by atoms with Crippen molar-refractivity contribution in [3.8, 4) is 0 Å². The van der Waals surface area contributed by atoms with Gasteiger partial charge in [-0.2, -0.15) is 0 Å². The minimum absolute atomic E-state index is 0.0680. The Morgan fingerprint density at radius 3 is 2.91 bits per heavy atom. The van der Waals surface area contributed by atoms with E-state index in [4.69, 9.17) is 0 Å². The van der Waals surface area contributed by atoms with Crippen molar-refractivity contribution in [1.29, 1.82) is 0 Å². The minimum atomic E-state index is 0.0680. The number of hydrogen-bond donors (Lipinski definition) is 3. The number of aryl methyl sites for hydroxylation is 1. The Kier molecular flexibility index (Phi) is 3.41. The maximum absolute atomic E-state index is 12.3. The zero-order valence-corrected chi connectivity index (χ0v) is 13.0. The van der Waals surface area contributed by atoms with Gasteiger partial charge in [0.2, 0.25) is 0 Å². The van der Waals surface area contributed by atoms with Crippen LogP contribution in [0.3, 0.4) is 0 Å². The van der Waals surface area contributed by atoms with E-state index in [1.54, 1.807) is 0 Å². The van der Waals surface area contributed by atoms with Crippen LogP contribution in [0.15, 0.2) is 18.2 Å². The molecule has 2 aliphatic carbocycles. The van der Waals surface area contributed by atoms with Gasteiger partial charge >= 0.3 is 0 Å². The number of hydrogen-bond acceptors (Lipinski definition) is 2. The van der Waals surface area contributed by atoms with Crippen molar-refractivity contribution in [1.82, 2.24) is 15.6 Å². The molecule has 1 unspecified atom stereocenters. The molecular weight excluding hydrogens is 274 g/mol. The summed E-state index contributed by atoms with van der Waals surface area (Å²) < 4.78 is 0. The molecule has 116 valence electrons. The summed E-state index contributed by atoms with van der Waals surface area (Å²) >= 11 is 0. The fourth-order valence-corrected chi connectivity index (χ4v) is 3.52. The molecule has 0 bridgehead atoms. The third kappa shape index (κ3) is 2.52. The SMILES string of the molecule is CCNC1CCc2[nH]c3ccc(C(=O)NC4CC4)cc3c2C1. The largest absolute Gasteiger partial charge is 0.358 e. The van der Waals surface area contributed by atoms with E-state index < -0.39 is 0 Å². The number of H-pyrrole nitrogens is 1. The molecule has 1 heterocycles. The predicted octanol–water partition coefficient (Wildman–Crippen LogP) is 2.53. The van der Waals surface area contributed by atoms with E-state index in [0.29, 0.717) is 12.1 Å². The highest BCUT2D eigenvalue weighted by Crippen LogP contribution is 2.30. The zero-order chi connectivity index (χ0) is 15.1. The Labute approximate surface area is 130 Å². The first kappa shape index (κ1) is 13.8. The number of carbonyl (C=O) groups excluding carboxylic acids is 1. The second kappa shape index (κ2) is 5.43. The van der Waals surface area contributed by atoms with Gasteiger partial charge in [0.1, 0.15) is 0 Å². The summed E-state index contributed by atoms with van der Waals surface area (Å²) in [5.41, 5.74) is 4.69. The van der Waals surface area contributed by atoms with Gasteiger partial charge in [-0.25, -0.2) is 0 Å². The van der Waals surface area contributed by atoms with Crippen LogP contribution in [0.4, 0.5) is 0 Å². The number of carbonyl (C=O) groups is 1. The molecule has 1 atom stereocenters. The van der Waals surface area contributed by atoms with Gasteiger partial charge in [0.25, 0.3) is 5.91 Å². The summed E-state index contributed by atoms with van der Waals surface area (Å²) in [4.78, 5) is 15.8. The van der Waals surface area contributed by atoms with Gasteiger partial charge in [0.05, 0.1) is 0 Å². The third-order valence-corrected chi connectivity index (χ3v) is 4.86. The molecule has 0 aliphatic heterocycles. The molecule has 0 saturated heterocycles. The molecule has 1 aromatic heterocycles. The molecule has 2 aliphatic rings. The molecule has 1 amide bonds. The summed E-state index contributed by atoms with van der Waals surface area (Å²) in [6.45, 7) is 3.17. The van der Waals surface area contributed by atoms with Crippen molar-refractivity contribution in [2.75, 3.05) is 6.54 Å². The summed E-state index contributed by atoms with van der Waals surface area (Å²) in [5.74, 6) is 0.0680. The fraction of sp³-hybridized carbons (Fsp3) is 0.500. The van der Waals surface area contributed by atoms with E-state index in [-0.39, 0.29) is 5.91 Å². The number of fused-ring (bicyclic) bond motifs is 3. The van der Waals surface area contributed by atoms with Crippen LogP contribution in [0.2, 0.25) is 0 Å². The molecule has 0 spiro atoms. The molecule has 3 N–H and O–H groups in total. The Hall–Kier alpha value is -1.81. The fourth-order valence-electron chi connectivity index (χ4n) is 3.52. The Morgan fingerprint density at radius 1 is 1.27 bits per heavy atom. The maximum Gasteiger partial charge on any atom is 0.251 e. The highest BCUT2D eigenvalue weighted by atomic mass is 16.1.